The number of carbonyl (C=O) groups excluding carboxylic acids is 2. The maximum Gasteiger partial charge on any atom is 0.333 e. The number of rotatable bonds is 13. The Kier molecular flexibility index (Phi) is 10.1. The van der Waals surface area contributed by atoms with Crippen molar-refractivity contribution in [2.45, 2.75) is 32.6 Å². The summed E-state index contributed by atoms with van der Waals surface area (Å²) >= 11 is 0. The number of ketones is 1. The first-order chi connectivity index (χ1) is 17.0. The van der Waals surface area contributed by atoms with Crippen LogP contribution >= 0.6 is 0 Å². The van der Waals surface area contributed by atoms with Gasteiger partial charge in [0.15, 0.2) is 5.78 Å². The van der Waals surface area contributed by atoms with Crippen LogP contribution in [0.1, 0.15) is 48.5 Å². The van der Waals surface area contributed by atoms with E-state index in [1.54, 1.807) is 13.0 Å². The summed E-state index contributed by atoms with van der Waals surface area (Å²) in [5.41, 5.74) is 4.31. The molecule has 0 bridgehead atoms. The first kappa shape index (κ1) is 25.7. The van der Waals surface area contributed by atoms with Gasteiger partial charge in [0, 0.05) is 11.1 Å². The lowest BCUT2D eigenvalue weighted by molar-refractivity contribution is -0.139. The second-order valence-electron chi connectivity index (χ2n) is 8.39. The zero-order chi connectivity index (χ0) is 24.9. The Balaban J connectivity index is 1.38. The van der Waals surface area contributed by atoms with Gasteiger partial charge in [-0.1, -0.05) is 79.4 Å². The molecule has 4 nitrogen and oxygen atoms in total. The SMILES string of the molecule is C=C(C)C(=O)OCCCCCCOc1ccc(-c2ccc(C=CC(=O)c3ccccc3)cc2)cc1. The van der Waals surface area contributed by atoms with Crippen molar-refractivity contribution in [1.82, 2.24) is 0 Å². The van der Waals surface area contributed by atoms with Crippen molar-refractivity contribution < 1.29 is 19.1 Å². The summed E-state index contributed by atoms with van der Waals surface area (Å²) in [6.45, 7) is 6.32. The van der Waals surface area contributed by atoms with Crippen molar-refractivity contribution in [2.24, 2.45) is 0 Å². The molecule has 0 heterocycles. The molecular formula is C31H32O4. The minimum atomic E-state index is -0.320. The van der Waals surface area contributed by atoms with Crippen molar-refractivity contribution in [3.05, 3.63) is 108 Å². The Bertz CT molecular complexity index is 1130. The first-order valence-electron chi connectivity index (χ1n) is 12.0. The molecule has 0 spiro atoms. The molecular weight excluding hydrogens is 436 g/mol. The van der Waals surface area contributed by atoms with Crippen LogP contribution in [0.15, 0.2) is 97.1 Å². The second kappa shape index (κ2) is 13.7. The Morgan fingerprint density at radius 1 is 0.771 bits per heavy atom. The van der Waals surface area contributed by atoms with E-state index in [2.05, 4.69) is 30.8 Å². The molecule has 0 atom stereocenters. The van der Waals surface area contributed by atoms with Crippen LogP contribution in [0.4, 0.5) is 0 Å². The van der Waals surface area contributed by atoms with Gasteiger partial charge in [0.1, 0.15) is 5.75 Å². The van der Waals surface area contributed by atoms with Gasteiger partial charge in [-0.15, -0.1) is 0 Å². The van der Waals surface area contributed by atoms with Crippen LogP contribution in [-0.4, -0.2) is 25.0 Å². The van der Waals surface area contributed by atoms with Crippen molar-refractivity contribution in [3.8, 4) is 16.9 Å². The highest BCUT2D eigenvalue weighted by Crippen LogP contribution is 2.23. The summed E-state index contributed by atoms with van der Waals surface area (Å²) in [6.07, 6.45) is 7.28. The highest BCUT2D eigenvalue weighted by atomic mass is 16.5. The van der Waals surface area contributed by atoms with Crippen LogP contribution < -0.4 is 4.74 Å². The Labute approximate surface area is 207 Å². The smallest absolute Gasteiger partial charge is 0.333 e. The van der Waals surface area contributed by atoms with Crippen molar-refractivity contribution in [1.29, 1.82) is 0 Å². The number of allylic oxidation sites excluding steroid dienone is 1. The molecule has 0 saturated heterocycles. The van der Waals surface area contributed by atoms with Gasteiger partial charge in [-0.05, 0) is 67.5 Å². The molecule has 3 aromatic carbocycles. The van der Waals surface area contributed by atoms with Crippen LogP contribution in [0, 0.1) is 0 Å². The minimum absolute atomic E-state index is 0.00522. The normalized spacial score (nSPS) is 10.8. The van der Waals surface area contributed by atoms with E-state index in [-0.39, 0.29) is 11.8 Å². The van der Waals surface area contributed by atoms with E-state index in [1.807, 2.05) is 60.7 Å². The number of hydrogen-bond acceptors (Lipinski definition) is 4. The highest BCUT2D eigenvalue weighted by Gasteiger charge is 2.03. The van der Waals surface area contributed by atoms with Crippen LogP contribution in [-0.2, 0) is 9.53 Å². The topological polar surface area (TPSA) is 52.6 Å². The third-order valence-electron chi connectivity index (χ3n) is 5.47. The first-order valence-corrected chi connectivity index (χ1v) is 12.0. The number of unbranched alkanes of at least 4 members (excludes halogenated alkanes) is 3. The fourth-order valence-corrected chi connectivity index (χ4v) is 3.44. The molecule has 0 saturated carbocycles. The summed E-state index contributed by atoms with van der Waals surface area (Å²) in [5.74, 6) is 0.525. The third kappa shape index (κ3) is 8.74. The van der Waals surface area contributed by atoms with Gasteiger partial charge in [-0.3, -0.25) is 4.79 Å². The zero-order valence-electron chi connectivity index (χ0n) is 20.2. The average Bonchev–Trinajstić information content (AvgIpc) is 2.89. The number of carbonyl (C=O) groups is 2. The summed E-state index contributed by atoms with van der Waals surface area (Å²) < 4.78 is 10.9. The fraction of sp³-hybridized carbons (Fsp3) is 0.226. The minimum Gasteiger partial charge on any atom is -0.494 e. The standard InChI is InChI=1S/C31H32O4/c1-24(2)31(33)35-23-9-4-3-8-22-34-29-19-17-27(18-20-29)26-15-12-25(13-16-26)14-21-30(32)28-10-6-5-7-11-28/h5-7,10-21H,1,3-4,8-9,22-23H2,2H3. The molecule has 0 aliphatic rings. The van der Waals surface area contributed by atoms with Gasteiger partial charge in [-0.2, -0.15) is 0 Å². The van der Waals surface area contributed by atoms with E-state index in [9.17, 15) is 9.59 Å². The molecule has 0 amide bonds. The highest BCUT2D eigenvalue weighted by molar-refractivity contribution is 6.06. The molecule has 0 N–H and O–H groups in total. The molecule has 0 unspecified atom stereocenters. The molecule has 0 fully saturated rings. The lowest BCUT2D eigenvalue weighted by Gasteiger charge is -2.08. The van der Waals surface area contributed by atoms with Crippen molar-refractivity contribution in [3.63, 3.8) is 0 Å². The van der Waals surface area contributed by atoms with Crippen LogP contribution in [0.2, 0.25) is 0 Å². The van der Waals surface area contributed by atoms with E-state index < -0.39 is 0 Å². The maximum atomic E-state index is 12.2. The van der Waals surface area contributed by atoms with Gasteiger partial charge in [0.25, 0.3) is 0 Å². The van der Waals surface area contributed by atoms with Gasteiger partial charge in [0.05, 0.1) is 13.2 Å². The predicted molar refractivity (Wildman–Crippen MR) is 141 cm³/mol. The maximum absolute atomic E-state index is 12.2. The number of benzene rings is 3. The summed E-state index contributed by atoms with van der Waals surface area (Å²) in [6, 6.07) is 25.4. The van der Waals surface area contributed by atoms with Gasteiger partial charge in [0.2, 0.25) is 0 Å². The monoisotopic (exact) mass is 468 g/mol. The molecule has 3 rings (SSSR count). The lowest BCUT2D eigenvalue weighted by atomic mass is 10.0. The van der Waals surface area contributed by atoms with Crippen LogP contribution in [0.5, 0.6) is 5.75 Å². The Morgan fingerprint density at radius 2 is 1.37 bits per heavy atom. The summed E-state index contributed by atoms with van der Waals surface area (Å²) in [7, 11) is 0. The van der Waals surface area contributed by atoms with E-state index in [4.69, 9.17) is 9.47 Å². The fourth-order valence-electron chi connectivity index (χ4n) is 3.44. The lowest BCUT2D eigenvalue weighted by Crippen LogP contribution is -2.06. The molecule has 180 valence electrons. The van der Waals surface area contributed by atoms with E-state index >= 15 is 0 Å². The zero-order valence-corrected chi connectivity index (χ0v) is 20.2. The van der Waals surface area contributed by atoms with Crippen LogP contribution in [0.3, 0.4) is 0 Å². The average molecular weight is 469 g/mol. The molecule has 4 heteroatoms. The number of hydrogen-bond donors (Lipinski definition) is 0. The summed E-state index contributed by atoms with van der Waals surface area (Å²) in [4.78, 5) is 23.5. The van der Waals surface area contributed by atoms with Gasteiger partial charge in [-0.25, -0.2) is 4.79 Å². The third-order valence-corrected chi connectivity index (χ3v) is 5.47. The molecule has 0 aliphatic carbocycles. The number of ether oxygens (including phenoxy) is 2. The second-order valence-corrected chi connectivity index (χ2v) is 8.39. The van der Waals surface area contributed by atoms with Crippen LogP contribution in [0.25, 0.3) is 17.2 Å². The van der Waals surface area contributed by atoms with Gasteiger partial charge >= 0.3 is 5.97 Å². The van der Waals surface area contributed by atoms with E-state index in [1.165, 1.54) is 0 Å². The predicted octanol–water partition coefficient (Wildman–Crippen LogP) is 7.31. The van der Waals surface area contributed by atoms with Crippen molar-refractivity contribution in [2.75, 3.05) is 13.2 Å². The van der Waals surface area contributed by atoms with Gasteiger partial charge < -0.3 is 9.47 Å². The summed E-state index contributed by atoms with van der Waals surface area (Å²) in [5, 5.41) is 0. The molecule has 0 aliphatic heterocycles. The molecule has 35 heavy (non-hydrogen) atoms. The van der Waals surface area contributed by atoms with Crippen molar-refractivity contribution >= 4 is 17.8 Å². The largest absolute Gasteiger partial charge is 0.494 e. The Hall–Kier alpha value is -3.92. The molecule has 0 radical (unpaired) electrons. The molecule has 3 aromatic rings. The van der Waals surface area contributed by atoms with E-state index in [0.29, 0.717) is 24.4 Å². The number of esters is 1. The quantitative estimate of drug-likeness (QED) is 0.114. The molecule has 0 aromatic heterocycles. The Morgan fingerprint density at radius 3 is 2.00 bits per heavy atom. The van der Waals surface area contributed by atoms with E-state index in [0.717, 1.165) is 48.1 Å².